The van der Waals surface area contributed by atoms with Gasteiger partial charge in [0.05, 0.1) is 12.2 Å². The third-order valence-corrected chi connectivity index (χ3v) is 3.27. The maximum atomic E-state index is 12.1. The SMILES string of the molecule is CN(CC(=O)N1CCCCC1)Cc1ccccn1. The fourth-order valence-electron chi connectivity index (χ4n) is 2.30. The lowest BCUT2D eigenvalue weighted by molar-refractivity contribution is -0.133. The van der Waals surface area contributed by atoms with Crippen molar-refractivity contribution in [3.05, 3.63) is 30.1 Å². The molecule has 1 aromatic rings. The van der Waals surface area contributed by atoms with Crippen molar-refractivity contribution in [3.63, 3.8) is 0 Å². The van der Waals surface area contributed by atoms with Gasteiger partial charge in [0.25, 0.3) is 0 Å². The van der Waals surface area contributed by atoms with Gasteiger partial charge in [-0.2, -0.15) is 0 Å². The number of piperidine rings is 1. The van der Waals surface area contributed by atoms with Crippen molar-refractivity contribution in [1.82, 2.24) is 14.8 Å². The highest BCUT2D eigenvalue weighted by Crippen LogP contribution is 2.09. The molecule has 0 aliphatic carbocycles. The lowest BCUT2D eigenvalue weighted by atomic mass is 10.1. The Hall–Kier alpha value is -1.42. The van der Waals surface area contributed by atoms with Gasteiger partial charge < -0.3 is 4.90 Å². The van der Waals surface area contributed by atoms with Crippen molar-refractivity contribution < 1.29 is 4.79 Å². The van der Waals surface area contributed by atoms with E-state index in [2.05, 4.69) is 4.98 Å². The summed E-state index contributed by atoms with van der Waals surface area (Å²) >= 11 is 0. The van der Waals surface area contributed by atoms with Crippen molar-refractivity contribution in [2.24, 2.45) is 0 Å². The van der Waals surface area contributed by atoms with E-state index in [1.54, 1.807) is 6.20 Å². The normalized spacial score (nSPS) is 16.0. The van der Waals surface area contributed by atoms with Crippen LogP contribution < -0.4 is 0 Å². The van der Waals surface area contributed by atoms with Crippen LogP contribution in [0.3, 0.4) is 0 Å². The van der Waals surface area contributed by atoms with Crippen molar-refractivity contribution >= 4 is 5.91 Å². The van der Waals surface area contributed by atoms with Gasteiger partial charge in [0, 0.05) is 25.8 Å². The zero-order chi connectivity index (χ0) is 12.8. The molecule has 4 nitrogen and oxygen atoms in total. The maximum absolute atomic E-state index is 12.1. The van der Waals surface area contributed by atoms with Crippen LogP contribution in [-0.4, -0.2) is 47.4 Å². The summed E-state index contributed by atoms with van der Waals surface area (Å²) in [4.78, 5) is 20.3. The number of likely N-dealkylation sites (N-methyl/N-ethyl adjacent to an activating group) is 1. The van der Waals surface area contributed by atoms with Crippen LogP contribution >= 0.6 is 0 Å². The maximum Gasteiger partial charge on any atom is 0.236 e. The van der Waals surface area contributed by atoms with Crippen LogP contribution in [0, 0.1) is 0 Å². The molecule has 0 saturated carbocycles. The first-order valence-electron chi connectivity index (χ1n) is 6.62. The molecule has 1 fully saturated rings. The predicted octanol–water partition coefficient (Wildman–Crippen LogP) is 1.53. The minimum atomic E-state index is 0.244. The molecular weight excluding hydrogens is 226 g/mol. The number of likely N-dealkylation sites (tertiary alicyclic amines) is 1. The summed E-state index contributed by atoms with van der Waals surface area (Å²) in [6, 6.07) is 5.87. The number of carbonyl (C=O) groups is 1. The lowest BCUT2D eigenvalue weighted by Crippen LogP contribution is -2.41. The number of nitrogens with zero attached hydrogens (tertiary/aromatic N) is 3. The molecule has 0 bridgehead atoms. The van der Waals surface area contributed by atoms with Crippen LogP contribution in [-0.2, 0) is 11.3 Å². The average molecular weight is 247 g/mol. The Kier molecular flexibility index (Phi) is 4.70. The molecule has 1 saturated heterocycles. The Morgan fingerprint density at radius 3 is 2.78 bits per heavy atom. The molecule has 98 valence electrons. The van der Waals surface area contributed by atoms with E-state index in [4.69, 9.17) is 0 Å². The van der Waals surface area contributed by atoms with Gasteiger partial charge in [0.2, 0.25) is 5.91 Å². The number of carbonyl (C=O) groups excluding carboxylic acids is 1. The molecule has 0 unspecified atom stereocenters. The predicted molar refractivity (Wildman–Crippen MR) is 71.0 cm³/mol. The van der Waals surface area contributed by atoms with Crippen molar-refractivity contribution in [2.45, 2.75) is 25.8 Å². The van der Waals surface area contributed by atoms with Gasteiger partial charge >= 0.3 is 0 Å². The molecule has 0 atom stereocenters. The Bertz CT molecular complexity index is 374. The Labute approximate surface area is 109 Å². The average Bonchev–Trinajstić information content (AvgIpc) is 2.40. The summed E-state index contributed by atoms with van der Waals surface area (Å²) in [7, 11) is 1.97. The number of aromatic nitrogens is 1. The van der Waals surface area contributed by atoms with Gasteiger partial charge in [-0.15, -0.1) is 0 Å². The highest BCUT2D eigenvalue weighted by molar-refractivity contribution is 5.78. The van der Waals surface area contributed by atoms with Gasteiger partial charge in [-0.1, -0.05) is 6.07 Å². The number of pyridine rings is 1. The Morgan fingerprint density at radius 2 is 2.11 bits per heavy atom. The molecular formula is C14H21N3O. The molecule has 1 amide bonds. The molecule has 2 heterocycles. The molecule has 2 rings (SSSR count). The summed E-state index contributed by atoms with van der Waals surface area (Å²) in [5.74, 6) is 0.244. The second-order valence-electron chi connectivity index (χ2n) is 4.93. The molecule has 0 radical (unpaired) electrons. The molecule has 0 aromatic carbocycles. The molecule has 1 aliphatic rings. The monoisotopic (exact) mass is 247 g/mol. The Morgan fingerprint density at radius 1 is 1.33 bits per heavy atom. The summed E-state index contributed by atoms with van der Waals surface area (Å²) < 4.78 is 0. The summed E-state index contributed by atoms with van der Waals surface area (Å²) in [6.45, 7) is 3.06. The van der Waals surface area contributed by atoms with E-state index in [-0.39, 0.29) is 5.91 Å². The third kappa shape index (κ3) is 3.81. The lowest BCUT2D eigenvalue weighted by Gasteiger charge is -2.28. The van der Waals surface area contributed by atoms with E-state index >= 15 is 0 Å². The van der Waals surface area contributed by atoms with Crippen molar-refractivity contribution in [2.75, 3.05) is 26.7 Å². The highest BCUT2D eigenvalue weighted by atomic mass is 16.2. The first-order chi connectivity index (χ1) is 8.75. The van der Waals surface area contributed by atoms with Crippen molar-refractivity contribution in [3.8, 4) is 0 Å². The van der Waals surface area contributed by atoms with E-state index in [1.807, 2.05) is 35.0 Å². The summed E-state index contributed by atoms with van der Waals surface area (Å²) in [6.07, 6.45) is 5.34. The summed E-state index contributed by atoms with van der Waals surface area (Å²) in [5, 5.41) is 0. The van der Waals surface area contributed by atoms with E-state index in [0.717, 1.165) is 38.2 Å². The number of amides is 1. The fourth-order valence-corrected chi connectivity index (χ4v) is 2.30. The minimum Gasteiger partial charge on any atom is -0.342 e. The molecule has 18 heavy (non-hydrogen) atoms. The second-order valence-corrected chi connectivity index (χ2v) is 4.93. The van der Waals surface area contributed by atoms with E-state index in [0.29, 0.717) is 6.54 Å². The summed E-state index contributed by atoms with van der Waals surface area (Å²) in [5.41, 5.74) is 1.01. The zero-order valence-corrected chi connectivity index (χ0v) is 11.0. The molecule has 0 N–H and O–H groups in total. The van der Waals surface area contributed by atoms with Gasteiger partial charge in [0.1, 0.15) is 0 Å². The fraction of sp³-hybridized carbons (Fsp3) is 0.571. The van der Waals surface area contributed by atoms with Crippen LogP contribution in [0.2, 0.25) is 0 Å². The van der Waals surface area contributed by atoms with Gasteiger partial charge in [-0.25, -0.2) is 0 Å². The van der Waals surface area contributed by atoms with Crippen LogP contribution in [0.1, 0.15) is 25.0 Å². The number of hydrogen-bond donors (Lipinski definition) is 0. The van der Waals surface area contributed by atoms with Gasteiger partial charge in [-0.3, -0.25) is 14.7 Å². The van der Waals surface area contributed by atoms with E-state index in [9.17, 15) is 4.79 Å². The third-order valence-electron chi connectivity index (χ3n) is 3.27. The highest BCUT2D eigenvalue weighted by Gasteiger charge is 2.17. The number of hydrogen-bond acceptors (Lipinski definition) is 3. The largest absolute Gasteiger partial charge is 0.342 e. The van der Waals surface area contributed by atoms with Crippen LogP contribution in [0.15, 0.2) is 24.4 Å². The first-order valence-corrected chi connectivity index (χ1v) is 6.62. The first kappa shape index (κ1) is 13.0. The molecule has 0 spiro atoms. The van der Waals surface area contributed by atoms with Gasteiger partial charge in [-0.05, 0) is 38.4 Å². The molecule has 4 heteroatoms. The molecule has 1 aliphatic heterocycles. The Balaban J connectivity index is 1.79. The van der Waals surface area contributed by atoms with E-state index in [1.165, 1.54) is 6.42 Å². The van der Waals surface area contributed by atoms with Crippen LogP contribution in [0.25, 0.3) is 0 Å². The minimum absolute atomic E-state index is 0.244. The standard InChI is InChI=1S/C14H21N3O/c1-16(11-13-7-3-4-8-15-13)12-14(18)17-9-5-2-6-10-17/h3-4,7-8H,2,5-6,9-12H2,1H3. The second kappa shape index (κ2) is 6.50. The quantitative estimate of drug-likeness (QED) is 0.809. The molecule has 1 aromatic heterocycles. The smallest absolute Gasteiger partial charge is 0.236 e. The van der Waals surface area contributed by atoms with Crippen molar-refractivity contribution in [1.29, 1.82) is 0 Å². The van der Waals surface area contributed by atoms with Gasteiger partial charge in [0.15, 0.2) is 0 Å². The van der Waals surface area contributed by atoms with Crippen LogP contribution in [0.4, 0.5) is 0 Å². The number of rotatable bonds is 4. The zero-order valence-electron chi connectivity index (χ0n) is 11.0. The van der Waals surface area contributed by atoms with Crippen LogP contribution in [0.5, 0.6) is 0 Å². The van der Waals surface area contributed by atoms with E-state index < -0.39 is 0 Å². The topological polar surface area (TPSA) is 36.4 Å².